The second-order valence-electron chi connectivity index (χ2n) is 8.22. The number of aliphatic hydroxyl groups is 3. The first-order valence-corrected chi connectivity index (χ1v) is 9.21. The lowest BCUT2D eigenvalue weighted by Crippen LogP contribution is -2.43. The fraction of sp³-hybridized carbons (Fsp3) is 0.750. The normalized spacial score (nSPS) is 41.9. The molecule has 1 aliphatic carbocycles. The Morgan fingerprint density at radius 3 is 2.50 bits per heavy atom. The fourth-order valence-corrected chi connectivity index (χ4v) is 3.70. The summed E-state index contributed by atoms with van der Waals surface area (Å²) < 4.78 is 5.60. The van der Waals surface area contributed by atoms with Crippen LogP contribution in [0.3, 0.4) is 0 Å². The first-order valence-electron chi connectivity index (χ1n) is 9.21. The summed E-state index contributed by atoms with van der Waals surface area (Å²) in [5, 5.41) is 31.8. The predicted octanol–water partition coefficient (Wildman–Crippen LogP) is 1.81. The maximum atomic E-state index is 12.4. The van der Waals surface area contributed by atoms with Gasteiger partial charge in [0.15, 0.2) is 0 Å². The molecule has 0 aromatic carbocycles. The van der Waals surface area contributed by atoms with Crippen LogP contribution in [0.25, 0.3) is 0 Å². The number of carbonyl (C=O) groups excluding carboxylic acids is 1. The summed E-state index contributed by atoms with van der Waals surface area (Å²) in [5.74, 6) is -0.777. The number of hydrogen-bond acceptors (Lipinski definition) is 5. The van der Waals surface area contributed by atoms with Crippen molar-refractivity contribution in [1.82, 2.24) is 0 Å². The summed E-state index contributed by atoms with van der Waals surface area (Å²) in [6, 6.07) is 0. The predicted molar refractivity (Wildman–Crippen MR) is 99.5 cm³/mol. The highest BCUT2D eigenvalue weighted by Crippen LogP contribution is 2.38. The summed E-state index contributed by atoms with van der Waals surface area (Å²) in [7, 11) is 0. The number of allylic oxidation sites excluding steroid dienone is 2. The Morgan fingerprint density at radius 2 is 1.85 bits per heavy atom. The third-order valence-electron chi connectivity index (χ3n) is 5.96. The Labute approximate surface area is 155 Å². The van der Waals surface area contributed by atoms with Gasteiger partial charge in [-0.15, -0.1) is 0 Å². The Morgan fingerprint density at radius 1 is 1.19 bits per heavy atom. The molecule has 1 saturated heterocycles. The zero-order valence-corrected chi connectivity index (χ0v) is 16.1. The number of carbonyl (C=O) groups is 1. The van der Waals surface area contributed by atoms with Crippen molar-refractivity contribution in [2.45, 2.75) is 89.1 Å². The van der Waals surface area contributed by atoms with Gasteiger partial charge in [-0.3, -0.25) is 0 Å². The van der Waals surface area contributed by atoms with Gasteiger partial charge < -0.3 is 25.5 Å². The van der Waals surface area contributed by atoms with Crippen LogP contribution in [0.4, 0.5) is 0 Å². The molecular formula is C20H34O6. The third-order valence-corrected chi connectivity index (χ3v) is 5.96. The average Bonchev–Trinajstić information content (AvgIpc) is 2.64. The van der Waals surface area contributed by atoms with Gasteiger partial charge in [-0.05, 0) is 71.6 Å². The molecule has 1 heterocycles. The molecule has 150 valence electrons. The van der Waals surface area contributed by atoms with E-state index in [0.717, 1.165) is 5.57 Å². The van der Waals surface area contributed by atoms with E-state index in [-0.39, 0.29) is 17.8 Å². The number of rotatable bonds is 0. The van der Waals surface area contributed by atoms with Crippen molar-refractivity contribution < 1.29 is 30.3 Å². The molecule has 0 radical (unpaired) electrons. The molecule has 0 aromatic rings. The molecule has 0 amide bonds. The number of ether oxygens (including phenoxy) is 1. The van der Waals surface area contributed by atoms with Crippen LogP contribution in [0.5, 0.6) is 0 Å². The van der Waals surface area contributed by atoms with E-state index in [0.29, 0.717) is 44.1 Å². The van der Waals surface area contributed by atoms with Crippen LogP contribution in [-0.4, -0.2) is 50.2 Å². The van der Waals surface area contributed by atoms with Gasteiger partial charge in [0, 0.05) is 5.57 Å². The van der Waals surface area contributed by atoms with E-state index in [2.05, 4.69) is 6.58 Å². The van der Waals surface area contributed by atoms with Crippen LogP contribution in [-0.2, 0) is 9.53 Å². The maximum absolute atomic E-state index is 12.4. The Bertz CT molecular complexity index is 553. The highest BCUT2D eigenvalue weighted by molar-refractivity contribution is 5.89. The van der Waals surface area contributed by atoms with Crippen molar-refractivity contribution in [3.63, 3.8) is 0 Å². The van der Waals surface area contributed by atoms with E-state index in [4.69, 9.17) is 4.74 Å². The SMILES string of the molecule is C=C1C(=O)O[C@]2(C)CC[C@@H]1C[C@@H](O)[C@@](C)(O)CC/C=C(\C)CC[C@@H]2O.O. The molecule has 1 aliphatic heterocycles. The first-order chi connectivity index (χ1) is 11.5. The smallest absolute Gasteiger partial charge is 0.334 e. The van der Waals surface area contributed by atoms with Crippen molar-refractivity contribution in [2.24, 2.45) is 5.92 Å². The zero-order valence-electron chi connectivity index (χ0n) is 16.1. The molecule has 2 aliphatic rings. The largest absolute Gasteiger partial charge is 0.453 e. The standard InChI is InChI=1S/C20H32O5.H2O/c1-13-6-5-10-19(3,24)17(22)12-15-9-11-20(4,16(21)8-7-13)25-18(23)14(15)2;/h6,15-17,21-22,24H,2,5,7-12H2,1,3-4H3;1H2/b13-6+;/t15-,16+,17-,19+,20-;/m1./s1. The molecular weight excluding hydrogens is 336 g/mol. The third kappa shape index (κ3) is 5.16. The van der Waals surface area contributed by atoms with Gasteiger partial charge in [-0.25, -0.2) is 4.79 Å². The summed E-state index contributed by atoms with van der Waals surface area (Å²) in [6.45, 7) is 9.25. The maximum Gasteiger partial charge on any atom is 0.334 e. The van der Waals surface area contributed by atoms with Gasteiger partial charge in [0.1, 0.15) is 5.60 Å². The molecule has 2 bridgehead atoms. The summed E-state index contributed by atoms with van der Waals surface area (Å²) in [4.78, 5) is 12.4. The molecule has 5 atom stereocenters. The first kappa shape index (κ1) is 22.8. The van der Waals surface area contributed by atoms with Crippen molar-refractivity contribution in [2.75, 3.05) is 0 Å². The Kier molecular flexibility index (Phi) is 7.60. The van der Waals surface area contributed by atoms with E-state index >= 15 is 0 Å². The van der Waals surface area contributed by atoms with Crippen LogP contribution in [0, 0.1) is 5.92 Å². The molecule has 5 N–H and O–H groups in total. The van der Waals surface area contributed by atoms with E-state index in [1.165, 1.54) is 0 Å². The Hall–Kier alpha value is -1.21. The second-order valence-corrected chi connectivity index (χ2v) is 8.22. The molecule has 0 aromatic heterocycles. The van der Waals surface area contributed by atoms with Crippen molar-refractivity contribution in [3.05, 3.63) is 23.8 Å². The van der Waals surface area contributed by atoms with Gasteiger partial charge in [-0.2, -0.15) is 0 Å². The van der Waals surface area contributed by atoms with Gasteiger partial charge in [0.25, 0.3) is 0 Å². The summed E-state index contributed by atoms with van der Waals surface area (Å²) >= 11 is 0. The van der Waals surface area contributed by atoms with E-state index in [9.17, 15) is 20.1 Å². The average molecular weight is 370 g/mol. The molecule has 0 unspecified atom stereocenters. The second kappa shape index (κ2) is 8.65. The zero-order chi connectivity index (χ0) is 18.8. The van der Waals surface area contributed by atoms with Crippen molar-refractivity contribution in [1.29, 1.82) is 0 Å². The van der Waals surface area contributed by atoms with Gasteiger partial charge in [0.2, 0.25) is 0 Å². The fourth-order valence-electron chi connectivity index (χ4n) is 3.70. The van der Waals surface area contributed by atoms with Crippen LogP contribution >= 0.6 is 0 Å². The lowest BCUT2D eigenvalue weighted by Gasteiger charge is -2.33. The minimum Gasteiger partial charge on any atom is -0.453 e. The number of fused-ring (bicyclic) bond motifs is 3. The van der Waals surface area contributed by atoms with Gasteiger partial charge in [-0.1, -0.05) is 18.2 Å². The quantitative estimate of drug-likeness (QED) is 0.341. The van der Waals surface area contributed by atoms with E-state index in [1.807, 2.05) is 13.0 Å². The molecule has 26 heavy (non-hydrogen) atoms. The molecule has 1 fully saturated rings. The van der Waals surface area contributed by atoms with Crippen LogP contribution in [0.15, 0.2) is 23.8 Å². The van der Waals surface area contributed by atoms with Gasteiger partial charge >= 0.3 is 5.97 Å². The molecule has 0 saturated carbocycles. The topological polar surface area (TPSA) is 118 Å². The van der Waals surface area contributed by atoms with Gasteiger partial charge in [0.05, 0.1) is 17.8 Å². The van der Waals surface area contributed by atoms with Crippen molar-refractivity contribution >= 4 is 5.97 Å². The Balaban J connectivity index is 0.00000338. The summed E-state index contributed by atoms with van der Waals surface area (Å²) in [5.41, 5.74) is -0.741. The van der Waals surface area contributed by atoms with Crippen molar-refractivity contribution in [3.8, 4) is 0 Å². The molecule has 0 spiro atoms. The molecule has 6 nitrogen and oxygen atoms in total. The van der Waals surface area contributed by atoms with E-state index in [1.54, 1.807) is 13.8 Å². The lowest BCUT2D eigenvalue weighted by molar-refractivity contribution is -0.165. The highest BCUT2D eigenvalue weighted by Gasteiger charge is 2.43. The molecule has 6 heteroatoms. The number of esters is 1. The minimum atomic E-state index is -1.22. The number of aliphatic hydroxyl groups excluding tert-OH is 2. The van der Waals surface area contributed by atoms with Crippen LogP contribution in [0.2, 0.25) is 0 Å². The van der Waals surface area contributed by atoms with Crippen LogP contribution < -0.4 is 0 Å². The number of hydrogen-bond donors (Lipinski definition) is 3. The highest BCUT2D eigenvalue weighted by atomic mass is 16.6. The monoisotopic (exact) mass is 370 g/mol. The summed E-state index contributed by atoms with van der Waals surface area (Å²) in [6.07, 6.45) is 4.00. The minimum absolute atomic E-state index is 0. The lowest BCUT2D eigenvalue weighted by atomic mass is 9.80. The van der Waals surface area contributed by atoms with E-state index < -0.39 is 29.4 Å². The van der Waals surface area contributed by atoms with Crippen LogP contribution in [0.1, 0.15) is 65.7 Å². The molecule has 2 rings (SSSR count).